The maximum atomic E-state index is 12.9. The lowest BCUT2D eigenvalue weighted by Crippen LogP contribution is -2.60. The Labute approximate surface area is 436 Å². The van der Waals surface area contributed by atoms with E-state index in [0.29, 0.717) is 12.8 Å². The second-order valence-corrected chi connectivity index (χ2v) is 20.3. The topological polar surface area (TPSA) is 186 Å². The van der Waals surface area contributed by atoms with Gasteiger partial charge in [-0.3, -0.25) is 14.1 Å². The molecular formula is C59H98O12S. The van der Waals surface area contributed by atoms with Crippen molar-refractivity contribution in [3.8, 4) is 0 Å². The molecule has 72 heavy (non-hydrogen) atoms. The van der Waals surface area contributed by atoms with Crippen LogP contribution in [-0.4, -0.2) is 96.0 Å². The molecule has 1 aliphatic heterocycles. The van der Waals surface area contributed by atoms with Gasteiger partial charge < -0.3 is 34.3 Å². The van der Waals surface area contributed by atoms with Gasteiger partial charge in [0, 0.05) is 12.8 Å². The van der Waals surface area contributed by atoms with Crippen LogP contribution in [0.2, 0.25) is 0 Å². The third-order valence-corrected chi connectivity index (χ3v) is 12.9. The van der Waals surface area contributed by atoms with Crippen LogP contribution < -0.4 is 0 Å². The minimum atomic E-state index is -4.61. The number of ether oxygens (including phenoxy) is 4. The normalized spacial score (nSPS) is 19.6. The Kier molecular flexibility index (Phi) is 43.7. The zero-order valence-electron chi connectivity index (χ0n) is 44.5. The minimum Gasteiger partial charge on any atom is -0.462 e. The van der Waals surface area contributed by atoms with Gasteiger partial charge in [0.2, 0.25) is 0 Å². The number of aliphatic hydroxyl groups is 3. The van der Waals surface area contributed by atoms with Crippen molar-refractivity contribution in [3.63, 3.8) is 0 Å². The van der Waals surface area contributed by atoms with Crippen LogP contribution in [0.4, 0.5) is 0 Å². The van der Waals surface area contributed by atoms with Gasteiger partial charge in [0.25, 0.3) is 10.1 Å². The second-order valence-electron chi connectivity index (χ2n) is 18.8. The van der Waals surface area contributed by atoms with Gasteiger partial charge in [-0.25, -0.2) is 0 Å². The van der Waals surface area contributed by atoms with Gasteiger partial charge in [-0.2, -0.15) is 8.42 Å². The summed E-state index contributed by atoms with van der Waals surface area (Å²) in [4.78, 5) is 25.6. The molecule has 0 aromatic rings. The molecule has 1 rings (SSSR count). The van der Waals surface area contributed by atoms with E-state index < -0.39 is 71.2 Å². The van der Waals surface area contributed by atoms with Gasteiger partial charge in [-0.1, -0.05) is 201 Å². The van der Waals surface area contributed by atoms with Crippen molar-refractivity contribution < 1.29 is 56.8 Å². The van der Waals surface area contributed by atoms with E-state index in [2.05, 4.69) is 111 Å². The third-order valence-electron chi connectivity index (χ3n) is 12.2. The van der Waals surface area contributed by atoms with Crippen LogP contribution in [0.25, 0.3) is 0 Å². The van der Waals surface area contributed by atoms with Gasteiger partial charge >= 0.3 is 11.9 Å². The van der Waals surface area contributed by atoms with E-state index in [1.165, 1.54) is 51.4 Å². The molecule has 4 N–H and O–H groups in total. The average molecular weight is 1030 g/mol. The highest BCUT2D eigenvalue weighted by Crippen LogP contribution is 2.24. The molecule has 13 heteroatoms. The molecule has 0 saturated carbocycles. The first-order valence-electron chi connectivity index (χ1n) is 27.8. The van der Waals surface area contributed by atoms with Crippen LogP contribution in [0.15, 0.2) is 97.2 Å². The van der Waals surface area contributed by atoms with E-state index in [-0.39, 0.29) is 19.4 Å². The molecule has 1 saturated heterocycles. The summed E-state index contributed by atoms with van der Waals surface area (Å²) < 4.78 is 54.4. The highest BCUT2D eigenvalue weighted by Gasteiger charge is 2.46. The number of aliphatic hydroxyl groups excluding tert-OH is 3. The van der Waals surface area contributed by atoms with Gasteiger partial charge in [0.15, 0.2) is 12.4 Å². The van der Waals surface area contributed by atoms with Gasteiger partial charge in [0.05, 0.1) is 6.61 Å². The fraction of sp³-hybridized carbons (Fsp3) is 0.695. The molecule has 6 unspecified atom stereocenters. The smallest absolute Gasteiger partial charge is 0.306 e. The van der Waals surface area contributed by atoms with Crippen LogP contribution in [0.5, 0.6) is 0 Å². The number of carbonyl (C=O) groups is 2. The van der Waals surface area contributed by atoms with Crippen LogP contribution in [0.1, 0.15) is 206 Å². The highest BCUT2D eigenvalue weighted by molar-refractivity contribution is 7.85. The maximum Gasteiger partial charge on any atom is 0.306 e. The first-order valence-corrected chi connectivity index (χ1v) is 29.4. The molecule has 412 valence electrons. The Morgan fingerprint density at radius 2 is 0.833 bits per heavy atom. The molecule has 0 bridgehead atoms. The second kappa shape index (κ2) is 47.3. The quantitative estimate of drug-likeness (QED) is 0.0196. The minimum absolute atomic E-state index is 0.152. The standard InChI is InChI=1S/C59H98O12S/c1-3-5-7-9-11-13-15-17-19-21-23-25-26-28-30-32-34-36-38-40-42-44-46-48-55(61)70-52(50-69-59-58(64)57(63)56(62)53(71-59)51-72(65,66)67)49-68-54(60)47-45-43-41-39-37-35-33-31-29-27-24-22-20-18-16-14-12-10-8-6-4-2/h5-8,11-14,17-20,23-25,27,52-53,56-59,62-64H,3-4,9-10,15-16,21-22,26,28-51H2,1-2H3,(H,65,66,67)/b7-5-,8-6-,13-11-,14-12-,19-17-,20-18-,25-23-,27-24-. The zero-order valence-corrected chi connectivity index (χ0v) is 45.3. The van der Waals surface area contributed by atoms with Gasteiger partial charge in [0.1, 0.15) is 36.8 Å². The Bertz CT molecular complexity index is 1680. The third kappa shape index (κ3) is 41.0. The molecule has 0 aromatic carbocycles. The highest BCUT2D eigenvalue weighted by atomic mass is 32.2. The van der Waals surface area contributed by atoms with Crippen molar-refractivity contribution in [3.05, 3.63) is 97.2 Å². The first kappa shape index (κ1) is 66.6. The Morgan fingerprint density at radius 1 is 0.472 bits per heavy atom. The molecule has 0 aliphatic carbocycles. The number of hydrogen-bond acceptors (Lipinski definition) is 11. The molecule has 6 atom stereocenters. The molecule has 0 aromatic heterocycles. The summed E-state index contributed by atoms with van der Waals surface area (Å²) in [5.41, 5.74) is 0. The largest absolute Gasteiger partial charge is 0.462 e. The summed E-state index contributed by atoms with van der Waals surface area (Å²) in [7, 11) is -4.61. The van der Waals surface area contributed by atoms with Crippen molar-refractivity contribution in [2.45, 2.75) is 243 Å². The number of rotatable bonds is 46. The molecule has 1 aliphatic rings. The SMILES string of the molecule is CC/C=C\C/C=C\C/C=C\C/C=C\CCCCCCCCCCCCC(=O)OC(COC(=O)CCCCCCCCCC/C=C\C/C=C\C/C=C\C/C=C\CC)COC1OC(CS(=O)(=O)O)C(O)C(O)C1O. The molecular weight excluding hydrogens is 933 g/mol. The first-order chi connectivity index (χ1) is 35.0. The van der Waals surface area contributed by atoms with Crippen LogP contribution in [-0.2, 0) is 38.7 Å². The summed E-state index contributed by atoms with van der Waals surface area (Å²) >= 11 is 0. The number of allylic oxidation sites excluding steroid dienone is 16. The Balaban J connectivity index is 2.34. The van der Waals surface area contributed by atoms with Crippen molar-refractivity contribution in [1.82, 2.24) is 0 Å². The van der Waals surface area contributed by atoms with E-state index in [0.717, 1.165) is 116 Å². The van der Waals surface area contributed by atoms with Crippen LogP contribution in [0, 0.1) is 0 Å². The molecule has 0 spiro atoms. The predicted molar refractivity (Wildman–Crippen MR) is 293 cm³/mol. The monoisotopic (exact) mass is 1030 g/mol. The lowest BCUT2D eigenvalue weighted by atomic mass is 10.00. The summed E-state index contributed by atoms with van der Waals surface area (Å²) in [6.45, 7) is 3.55. The van der Waals surface area contributed by atoms with Crippen LogP contribution in [0.3, 0.4) is 0 Å². The van der Waals surface area contributed by atoms with E-state index in [4.69, 9.17) is 18.9 Å². The molecule has 0 radical (unpaired) electrons. The summed E-state index contributed by atoms with van der Waals surface area (Å²) in [6.07, 6.45) is 55.8. The van der Waals surface area contributed by atoms with E-state index in [1.807, 2.05) is 0 Å². The van der Waals surface area contributed by atoms with Crippen molar-refractivity contribution in [2.75, 3.05) is 19.0 Å². The Hall–Kier alpha value is -3.43. The summed E-state index contributed by atoms with van der Waals surface area (Å²) in [6, 6.07) is 0. The van der Waals surface area contributed by atoms with E-state index >= 15 is 0 Å². The molecule has 12 nitrogen and oxygen atoms in total. The lowest BCUT2D eigenvalue weighted by Gasteiger charge is -2.40. The maximum absolute atomic E-state index is 12.9. The zero-order chi connectivity index (χ0) is 52.6. The summed E-state index contributed by atoms with van der Waals surface area (Å²) in [5.74, 6) is -2.01. The van der Waals surface area contributed by atoms with Crippen LogP contribution >= 0.6 is 0 Å². The van der Waals surface area contributed by atoms with Gasteiger partial charge in [-0.15, -0.1) is 0 Å². The fourth-order valence-corrected chi connectivity index (χ4v) is 8.64. The van der Waals surface area contributed by atoms with Crippen molar-refractivity contribution in [1.29, 1.82) is 0 Å². The number of unbranched alkanes of at least 4 members (excludes halogenated alkanes) is 18. The fourth-order valence-electron chi connectivity index (χ4n) is 7.95. The average Bonchev–Trinajstić information content (AvgIpc) is 3.35. The number of hydrogen-bond donors (Lipinski definition) is 4. The Morgan fingerprint density at radius 3 is 1.24 bits per heavy atom. The van der Waals surface area contributed by atoms with E-state index in [1.54, 1.807) is 0 Å². The molecule has 1 fully saturated rings. The lowest BCUT2D eigenvalue weighted by molar-refractivity contribution is -0.297. The van der Waals surface area contributed by atoms with Gasteiger partial charge in [-0.05, 0) is 89.9 Å². The van der Waals surface area contributed by atoms with Crippen molar-refractivity contribution >= 4 is 22.1 Å². The van der Waals surface area contributed by atoms with E-state index in [9.17, 15) is 37.9 Å². The number of carbonyl (C=O) groups excluding carboxylic acids is 2. The van der Waals surface area contributed by atoms with Crippen molar-refractivity contribution in [2.24, 2.45) is 0 Å². The predicted octanol–water partition coefficient (Wildman–Crippen LogP) is 13.3. The molecule has 1 heterocycles. The number of esters is 2. The summed E-state index contributed by atoms with van der Waals surface area (Å²) in [5, 5.41) is 31.1. The molecule has 0 amide bonds.